The van der Waals surface area contributed by atoms with E-state index in [1.807, 2.05) is 12.1 Å². The third-order valence-corrected chi connectivity index (χ3v) is 3.62. The molecule has 1 fully saturated rings. The maximum atomic E-state index is 11.5. The Balaban J connectivity index is 2.08. The molecule has 1 aliphatic heterocycles. The Kier molecular flexibility index (Phi) is 3.99. The molecule has 4 heteroatoms. The van der Waals surface area contributed by atoms with E-state index in [2.05, 4.69) is 30.2 Å². The molecule has 1 aliphatic rings. The molecule has 1 heterocycles. The number of nitrogens with one attached hydrogen (secondary N) is 1. The van der Waals surface area contributed by atoms with Crippen molar-refractivity contribution in [2.45, 2.75) is 32.9 Å². The molecule has 4 nitrogen and oxygen atoms in total. The van der Waals surface area contributed by atoms with Gasteiger partial charge in [0, 0.05) is 24.7 Å². The van der Waals surface area contributed by atoms with Gasteiger partial charge in [-0.25, -0.2) is 5.84 Å². The smallest absolute Gasteiger partial charge is 0.265 e. The zero-order chi connectivity index (χ0) is 13.1. The number of hydrazine groups is 1. The van der Waals surface area contributed by atoms with E-state index in [9.17, 15) is 4.79 Å². The van der Waals surface area contributed by atoms with Gasteiger partial charge in [-0.3, -0.25) is 15.1 Å². The van der Waals surface area contributed by atoms with Crippen molar-refractivity contribution in [3.8, 4) is 0 Å². The van der Waals surface area contributed by atoms with E-state index in [1.54, 1.807) is 6.07 Å². The van der Waals surface area contributed by atoms with Crippen LogP contribution in [-0.4, -0.2) is 23.4 Å². The van der Waals surface area contributed by atoms with Gasteiger partial charge < -0.3 is 0 Å². The van der Waals surface area contributed by atoms with Crippen LogP contribution in [0.4, 0.5) is 0 Å². The maximum Gasteiger partial charge on any atom is 0.265 e. The van der Waals surface area contributed by atoms with Crippen LogP contribution < -0.4 is 11.3 Å². The van der Waals surface area contributed by atoms with Gasteiger partial charge >= 0.3 is 0 Å². The van der Waals surface area contributed by atoms with E-state index in [0.29, 0.717) is 11.6 Å². The maximum absolute atomic E-state index is 11.5. The number of nitrogens with two attached hydrogens (primary N) is 1. The van der Waals surface area contributed by atoms with Crippen molar-refractivity contribution >= 4 is 5.91 Å². The quantitative estimate of drug-likeness (QED) is 0.484. The number of amides is 1. The molecule has 1 amide bonds. The summed E-state index contributed by atoms with van der Waals surface area (Å²) in [5, 5.41) is 0. The van der Waals surface area contributed by atoms with Crippen molar-refractivity contribution < 1.29 is 4.79 Å². The standard InChI is InChI=1S/C14H21N3O/c1-10-6-11(2)17(8-10)9-12-4-3-5-13(7-12)14(18)16-15/h3-5,7,10-11H,6,8-9,15H2,1-2H3,(H,16,18). The average molecular weight is 247 g/mol. The van der Waals surface area contributed by atoms with Crippen molar-refractivity contribution in [1.82, 2.24) is 10.3 Å². The molecule has 3 N–H and O–H groups in total. The summed E-state index contributed by atoms with van der Waals surface area (Å²) in [5.74, 6) is 5.67. The Morgan fingerprint density at radius 2 is 2.28 bits per heavy atom. The second-order valence-corrected chi connectivity index (χ2v) is 5.29. The van der Waals surface area contributed by atoms with Gasteiger partial charge in [0.15, 0.2) is 0 Å². The minimum absolute atomic E-state index is 0.236. The predicted molar refractivity (Wildman–Crippen MR) is 71.7 cm³/mol. The van der Waals surface area contributed by atoms with E-state index in [4.69, 9.17) is 5.84 Å². The molecule has 2 atom stereocenters. The summed E-state index contributed by atoms with van der Waals surface area (Å²) in [7, 11) is 0. The van der Waals surface area contributed by atoms with Crippen LogP contribution in [0.1, 0.15) is 36.2 Å². The number of carbonyl (C=O) groups is 1. The van der Waals surface area contributed by atoms with E-state index >= 15 is 0 Å². The zero-order valence-electron chi connectivity index (χ0n) is 11.0. The lowest BCUT2D eigenvalue weighted by molar-refractivity contribution is 0.0953. The first-order valence-electron chi connectivity index (χ1n) is 6.44. The van der Waals surface area contributed by atoms with Crippen LogP contribution in [-0.2, 0) is 6.54 Å². The lowest BCUT2D eigenvalue weighted by atomic mass is 10.1. The largest absolute Gasteiger partial charge is 0.296 e. The number of rotatable bonds is 3. The lowest BCUT2D eigenvalue weighted by Crippen LogP contribution is -2.30. The Morgan fingerprint density at radius 3 is 2.89 bits per heavy atom. The molecule has 0 saturated carbocycles. The van der Waals surface area contributed by atoms with Gasteiger partial charge in [0.05, 0.1) is 0 Å². The van der Waals surface area contributed by atoms with E-state index in [1.165, 1.54) is 6.42 Å². The molecule has 1 saturated heterocycles. The van der Waals surface area contributed by atoms with Gasteiger partial charge in [-0.2, -0.15) is 0 Å². The van der Waals surface area contributed by atoms with Crippen LogP contribution in [0.5, 0.6) is 0 Å². The number of benzene rings is 1. The van der Waals surface area contributed by atoms with Crippen molar-refractivity contribution in [3.63, 3.8) is 0 Å². The predicted octanol–water partition coefficient (Wildman–Crippen LogP) is 1.52. The first-order chi connectivity index (χ1) is 8.60. The Bertz CT molecular complexity index is 433. The van der Waals surface area contributed by atoms with E-state index < -0.39 is 0 Å². The van der Waals surface area contributed by atoms with Crippen LogP contribution >= 0.6 is 0 Å². The van der Waals surface area contributed by atoms with Gasteiger partial charge in [0.2, 0.25) is 0 Å². The highest BCUT2D eigenvalue weighted by atomic mass is 16.2. The third kappa shape index (κ3) is 2.89. The fourth-order valence-corrected chi connectivity index (χ4v) is 2.74. The van der Waals surface area contributed by atoms with Crippen molar-refractivity contribution in [2.24, 2.45) is 11.8 Å². The molecular formula is C14H21N3O. The van der Waals surface area contributed by atoms with Crippen LogP contribution in [0.15, 0.2) is 24.3 Å². The molecule has 98 valence electrons. The third-order valence-electron chi connectivity index (χ3n) is 3.62. The van der Waals surface area contributed by atoms with Crippen molar-refractivity contribution in [1.29, 1.82) is 0 Å². The fourth-order valence-electron chi connectivity index (χ4n) is 2.74. The first kappa shape index (κ1) is 13.1. The van der Waals surface area contributed by atoms with Crippen LogP contribution in [0.2, 0.25) is 0 Å². The monoisotopic (exact) mass is 247 g/mol. The summed E-state index contributed by atoms with van der Waals surface area (Å²) in [4.78, 5) is 13.9. The van der Waals surface area contributed by atoms with Gasteiger partial charge in [-0.1, -0.05) is 19.1 Å². The summed E-state index contributed by atoms with van der Waals surface area (Å²) in [5.41, 5.74) is 3.95. The molecule has 0 radical (unpaired) electrons. The van der Waals surface area contributed by atoms with Gasteiger partial charge in [0.1, 0.15) is 0 Å². The number of nitrogens with zero attached hydrogens (tertiary/aromatic N) is 1. The Labute approximate surface area is 108 Å². The Morgan fingerprint density at radius 1 is 1.50 bits per heavy atom. The second kappa shape index (κ2) is 5.50. The van der Waals surface area contributed by atoms with E-state index in [0.717, 1.165) is 24.6 Å². The van der Waals surface area contributed by atoms with Crippen LogP contribution in [0, 0.1) is 5.92 Å². The molecule has 1 aromatic carbocycles. The van der Waals surface area contributed by atoms with Crippen LogP contribution in [0.3, 0.4) is 0 Å². The number of carbonyl (C=O) groups excluding carboxylic acids is 1. The molecule has 0 aliphatic carbocycles. The fraction of sp³-hybridized carbons (Fsp3) is 0.500. The molecule has 2 unspecified atom stereocenters. The SMILES string of the molecule is CC1CC(C)N(Cc2cccc(C(=O)NN)c2)C1. The summed E-state index contributed by atoms with van der Waals surface area (Å²) in [6.07, 6.45) is 1.25. The van der Waals surface area contributed by atoms with Crippen LogP contribution in [0.25, 0.3) is 0 Å². The highest BCUT2D eigenvalue weighted by Crippen LogP contribution is 2.24. The minimum Gasteiger partial charge on any atom is -0.296 e. The topological polar surface area (TPSA) is 58.4 Å². The highest BCUT2D eigenvalue weighted by molar-refractivity contribution is 5.93. The molecule has 0 spiro atoms. The zero-order valence-corrected chi connectivity index (χ0v) is 11.0. The van der Waals surface area contributed by atoms with E-state index in [-0.39, 0.29) is 5.91 Å². The number of likely N-dealkylation sites (tertiary alicyclic amines) is 1. The van der Waals surface area contributed by atoms with Gasteiger partial charge in [0.25, 0.3) is 5.91 Å². The minimum atomic E-state index is -0.236. The van der Waals surface area contributed by atoms with Crippen molar-refractivity contribution in [3.05, 3.63) is 35.4 Å². The lowest BCUT2D eigenvalue weighted by Gasteiger charge is -2.21. The number of hydrogen-bond acceptors (Lipinski definition) is 3. The molecule has 0 aromatic heterocycles. The summed E-state index contributed by atoms with van der Waals surface area (Å²) < 4.78 is 0. The summed E-state index contributed by atoms with van der Waals surface area (Å²) in [6, 6.07) is 8.28. The molecular weight excluding hydrogens is 226 g/mol. The Hall–Kier alpha value is -1.39. The number of hydrogen-bond donors (Lipinski definition) is 2. The summed E-state index contributed by atoms with van der Waals surface area (Å²) >= 11 is 0. The molecule has 1 aromatic rings. The molecule has 2 rings (SSSR count). The summed E-state index contributed by atoms with van der Waals surface area (Å²) in [6.45, 7) is 6.58. The molecule has 0 bridgehead atoms. The second-order valence-electron chi connectivity index (χ2n) is 5.29. The molecule has 18 heavy (non-hydrogen) atoms. The van der Waals surface area contributed by atoms with Gasteiger partial charge in [-0.05, 0) is 37.0 Å². The normalized spacial score (nSPS) is 24.2. The number of nitrogen functional groups attached to an aromatic ring is 1. The van der Waals surface area contributed by atoms with Gasteiger partial charge in [-0.15, -0.1) is 0 Å². The average Bonchev–Trinajstić information content (AvgIpc) is 2.67. The van der Waals surface area contributed by atoms with Crippen molar-refractivity contribution in [2.75, 3.05) is 6.54 Å². The highest BCUT2D eigenvalue weighted by Gasteiger charge is 2.25. The first-order valence-corrected chi connectivity index (χ1v) is 6.44.